The van der Waals surface area contributed by atoms with Crippen molar-refractivity contribution in [3.05, 3.63) is 58.8 Å². The van der Waals surface area contributed by atoms with E-state index in [2.05, 4.69) is 4.98 Å². The van der Waals surface area contributed by atoms with Gasteiger partial charge in [0.1, 0.15) is 18.0 Å². The minimum Gasteiger partial charge on any atom is -0.497 e. The van der Waals surface area contributed by atoms with Crippen molar-refractivity contribution >= 4 is 11.7 Å². The van der Waals surface area contributed by atoms with E-state index in [1.54, 1.807) is 24.1 Å². The summed E-state index contributed by atoms with van der Waals surface area (Å²) in [6.45, 7) is 6.03. The number of aliphatic hydroxyl groups is 2. The molecule has 33 heavy (non-hydrogen) atoms. The van der Waals surface area contributed by atoms with E-state index in [-0.39, 0.29) is 19.8 Å². The van der Waals surface area contributed by atoms with Crippen molar-refractivity contribution in [1.29, 1.82) is 0 Å². The Morgan fingerprint density at radius 1 is 1.09 bits per heavy atom. The van der Waals surface area contributed by atoms with Crippen LogP contribution in [0.15, 0.2) is 42.0 Å². The Morgan fingerprint density at radius 3 is 2.42 bits per heavy atom. The maximum atomic E-state index is 12.5. The molecule has 0 unspecified atom stereocenters. The second kappa shape index (κ2) is 10.7. The number of rotatable bonds is 7. The molecule has 0 atom stereocenters. The van der Waals surface area contributed by atoms with Gasteiger partial charge in [-0.2, -0.15) is 0 Å². The SMILES string of the molecule is COc1ccc(COc2ccc(CO)c(C3=C(CO)CN(C(=O)OC(C)(C)C)CC3)n2)cc1. The van der Waals surface area contributed by atoms with Gasteiger partial charge in [-0.25, -0.2) is 9.78 Å². The first-order valence-corrected chi connectivity index (χ1v) is 10.9. The molecule has 8 heteroatoms. The molecule has 8 nitrogen and oxygen atoms in total. The van der Waals surface area contributed by atoms with Gasteiger partial charge in [-0.3, -0.25) is 0 Å². The van der Waals surface area contributed by atoms with Gasteiger partial charge in [-0.15, -0.1) is 0 Å². The minimum atomic E-state index is -0.596. The predicted octanol–water partition coefficient (Wildman–Crippen LogP) is 3.55. The quantitative estimate of drug-likeness (QED) is 0.657. The Labute approximate surface area is 194 Å². The Balaban J connectivity index is 1.80. The van der Waals surface area contributed by atoms with Gasteiger partial charge in [0.2, 0.25) is 5.88 Å². The third-order valence-corrected chi connectivity index (χ3v) is 5.24. The van der Waals surface area contributed by atoms with Crippen LogP contribution in [0.3, 0.4) is 0 Å². The zero-order valence-electron chi connectivity index (χ0n) is 19.6. The van der Waals surface area contributed by atoms with E-state index in [1.807, 2.05) is 45.0 Å². The number of carbonyl (C=O) groups excluding carboxylic acids is 1. The third kappa shape index (κ3) is 6.46. The molecule has 1 aromatic heterocycles. The summed E-state index contributed by atoms with van der Waals surface area (Å²) in [5.74, 6) is 1.19. The predicted molar refractivity (Wildman–Crippen MR) is 124 cm³/mol. The lowest BCUT2D eigenvalue weighted by atomic mass is 9.94. The first-order valence-electron chi connectivity index (χ1n) is 10.9. The Morgan fingerprint density at radius 2 is 1.82 bits per heavy atom. The number of methoxy groups -OCH3 is 1. The second-order valence-corrected chi connectivity index (χ2v) is 8.84. The smallest absolute Gasteiger partial charge is 0.410 e. The maximum absolute atomic E-state index is 12.5. The maximum Gasteiger partial charge on any atom is 0.410 e. The number of benzene rings is 1. The van der Waals surface area contributed by atoms with Crippen molar-refractivity contribution in [1.82, 2.24) is 9.88 Å². The zero-order chi connectivity index (χ0) is 24.0. The summed E-state index contributed by atoms with van der Waals surface area (Å²) in [4.78, 5) is 18.7. The molecule has 1 amide bonds. The lowest BCUT2D eigenvalue weighted by molar-refractivity contribution is 0.0260. The Kier molecular flexibility index (Phi) is 7.94. The van der Waals surface area contributed by atoms with Crippen molar-refractivity contribution in [2.24, 2.45) is 0 Å². The highest BCUT2D eigenvalue weighted by Crippen LogP contribution is 2.31. The number of aromatic nitrogens is 1. The number of ether oxygens (including phenoxy) is 3. The molecule has 0 fully saturated rings. The second-order valence-electron chi connectivity index (χ2n) is 8.84. The molecule has 2 heterocycles. The molecular formula is C25H32N2O6. The van der Waals surface area contributed by atoms with Gasteiger partial charge in [0.05, 0.1) is 26.0 Å². The minimum absolute atomic E-state index is 0.195. The first-order chi connectivity index (χ1) is 15.7. The number of aliphatic hydroxyl groups excluding tert-OH is 2. The van der Waals surface area contributed by atoms with Crippen molar-refractivity contribution in [3.63, 3.8) is 0 Å². The molecule has 1 aliphatic heterocycles. The first kappa shape index (κ1) is 24.5. The summed E-state index contributed by atoms with van der Waals surface area (Å²) in [5.41, 5.74) is 3.07. The molecule has 0 radical (unpaired) electrons. The summed E-state index contributed by atoms with van der Waals surface area (Å²) in [6, 6.07) is 11.1. The lowest BCUT2D eigenvalue weighted by Gasteiger charge is -2.32. The van der Waals surface area contributed by atoms with Crippen LogP contribution < -0.4 is 9.47 Å². The number of nitrogens with zero attached hydrogens (tertiary/aromatic N) is 2. The van der Waals surface area contributed by atoms with Gasteiger partial charge in [-0.05, 0) is 62.1 Å². The van der Waals surface area contributed by atoms with E-state index in [4.69, 9.17) is 14.2 Å². The molecule has 0 spiro atoms. The molecule has 0 aliphatic carbocycles. The molecule has 1 aliphatic rings. The van der Waals surface area contributed by atoms with Gasteiger partial charge >= 0.3 is 6.09 Å². The van der Waals surface area contributed by atoms with Crippen LogP contribution in [0.4, 0.5) is 4.79 Å². The lowest BCUT2D eigenvalue weighted by Crippen LogP contribution is -2.41. The van der Waals surface area contributed by atoms with E-state index < -0.39 is 11.7 Å². The van der Waals surface area contributed by atoms with Gasteiger partial charge in [0, 0.05) is 24.7 Å². The normalized spacial score (nSPS) is 14.3. The molecule has 0 bridgehead atoms. The topological polar surface area (TPSA) is 101 Å². The van der Waals surface area contributed by atoms with E-state index in [1.165, 1.54) is 0 Å². The van der Waals surface area contributed by atoms with E-state index >= 15 is 0 Å². The molecule has 1 aromatic carbocycles. The summed E-state index contributed by atoms with van der Waals surface area (Å²) < 4.78 is 16.5. The van der Waals surface area contributed by atoms with Crippen LogP contribution in [0.25, 0.3) is 5.57 Å². The number of hydrogen-bond acceptors (Lipinski definition) is 7. The monoisotopic (exact) mass is 456 g/mol. The van der Waals surface area contributed by atoms with Gasteiger partial charge < -0.3 is 29.3 Å². The van der Waals surface area contributed by atoms with E-state index in [0.29, 0.717) is 42.3 Å². The van der Waals surface area contributed by atoms with E-state index in [0.717, 1.165) is 16.9 Å². The fourth-order valence-corrected chi connectivity index (χ4v) is 3.56. The zero-order valence-corrected chi connectivity index (χ0v) is 19.6. The van der Waals surface area contributed by atoms with Crippen LogP contribution in [-0.4, -0.2) is 58.6 Å². The highest BCUT2D eigenvalue weighted by molar-refractivity contribution is 5.75. The van der Waals surface area contributed by atoms with Crippen LogP contribution >= 0.6 is 0 Å². The largest absolute Gasteiger partial charge is 0.497 e. The van der Waals surface area contributed by atoms with Crippen molar-refractivity contribution in [3.8, 4) is 11.6 Å². The molecule has 2 N–H and O–H groups in total. The third-order valence-electron chi connectivity index (χ3n) is 5.24. The number of amides is 1. The van der Waals surface area contributed by atoms with Crippen LogP contribution in [0.1, 0.15) is 44.0 Å². The van der Waals surface area contributed by atoms with E-state index in [9.17, 15) is 15.0 Å². The summed E-state index contributed by atoms with van der Waals surface area (Å²) in [7, 11) is 1.62. The highest BCUT2D eigenvalue weighted by Gasteiger charge is 2.28. The van der Waals surface area contributed by atoms with Crippen LogP contribution in [-0.2, 0) is 18.0 Å². The molecule has 178 valence electrons. The van der Waals surface area contributed by atoms with Crippen LogP contribution in [0, 0.1) is 0 Å². The van der Waals surface area contributed by atoms with Crippen LogP contribution in [0.2, 0.25) is 0 Å². The standard InChI is InChI=1S/C25H32N2O6/c1-25(2,3)33-24(30)27-12-11-21(19(13-27)15-29)23-18(14-28)7-10-22(26-23)32-16-17-5-8-20(31-4)9-6-17/h5-10,28-29H,11-16H2,1-4H3. The number of pyridine rings is 1. The molecule has 3 rings (SSSR count). The molecule has 2 aromatic rings. The van der Waals surface area contributed by atoms with Crippen molar-refractivity contribution < 1.29 is 29.2 Å². The van der Waals surface area contributed by atoms with Gasteiger partial charge in [0.25, 0.3) is 0 Å². The van der Waals surface area contributed by atoms with Crippen molar-refractivity contribution in [2.45, 2.75) is 46.0 Å². The summed E-state index contributed by atoms with van der Waals surface area (Å²) >= 11 is 0. The van der Waals surface area contributed by atoms with Crippen LogP contribution in [0.5, 0.6) is 11.6 Å². The molecule has 0 saturated carbocycles. The fourth-order valence-electron chi connectivity index (χ4n) is 3.56. The van der Waals surface area contributed by atoms with Crippen molar-refractivity contribution in [2.75, 3.05) is 26.8 Å². The van der Waals surface area contributed by atoms with Gasteiger partial charge in [-0.1, -0.05) is 12.1 Å². The molecular weight excluding hydrogens is 424 g/mol. The average molecular weight is 457 g/mol. The summed E-state index contributed by atoms with van der Waals surface area (Å²) in [6.07, 6.45) is 0.0660. The fraction of sp³-hybridized carbons (Fsp3) is 0.440. The Hall–Kier alpha value is -3.10. The average Bonchev–Trinajstić information content (AvgIpc) is 2.81. The van der Waals surface area contributed by atoms with Gasteiger partial charge in [0.15, 0.2) is 0 Å². The number of carbonyl (C=O) groups is 1. The Bertz CT molecular complexity index is 995. The molecule has 0 saturated heterocycles. The summed E-state index contributed by atoms with van der Waals surface area (Å²) in [5, 5.41) is 19.9. The highest BCUT2D eigenvalue weighted by atomic mass is 16.6. The number of hydrogen-bond donors (Lipinski definition) is 2.